The molecule has 0 radical (unpaired) electrons. The molecule has 0 atom stereocenters. The lowest BCUT2D eigenvalue weighted by Crippen LogP contribution is -2.24. The summed E-state index contributed by atoms with van der Waals surface area (Å²) in [5.74, 6) is 0.865. The van der Waals surface area contributed by atoms with E-state index in [4.69, 9.17) is 5.14 Å². The summed E-state index contributed by atoms with van der Waals surface area (Å²) in [6.07, 6.45) is 1.59. The highest BCUT2D eigenvalue weighted by molar-refractivity contribution is 7.89. The Bertz CT molecular complexity index is 939. The van der Waals surface area contributed by atoms with Crippen molar-refractivity contribution in [1.29, 1.82) is 0 Å². The molecule has 2 aromatic rings. The van der Waals surface area contributed by atoms with Crippen molar-refractivity contribution in [3.63, 3.8) is 0 Å². The molecule has 1 aromatic carbocycles. The van der Waals surface area contributed by atoms with Crippen LogP contribution in [0, 0.1) is 0 Å². The summed E-state index contributed by atoms with van der Waals surface area (Å²) in [5, 5.41) is 7.66. The molecule has 3 rings (SSSR count). The van der Waals surface area contributed by atoms with E-state index < -0.39 is 26.7 Å². The molecule has 0 spiro atoms. The average molecular weight is 428 g/mol. The van der Waals surface area contributed by atoms with Crippen LogP contribution in [0.1, 0.15) is 36.8 Å². The van der Waals surface area contributed by atoms with Gasteiger partial charge in [0.1, 0.15) is 5.82 Å². The van der Waals surface area contributed by atoms with Crippen LogP contribution in [0.15, 0.2) is 41.4 Å². The fourth-order valence-electron chi connectivity index (χ4n) is 3.29. The van der Waals surface area contributed by atoms with Gasteiger partial charge < -0.3 is 10.2 Å². The van der Waals surface area contributed by atoms with Crippen molar-refractivity contribution in [1.82, 2.24) is 4.98 Å². The Morgan fingerprint density at radius 3 is 2.31 bits per heavy atom. The highest BCUT2D eigenvalue weighted by atomic mass is 32.2. The zero-order valence-corrected chi connectivity index (χ0v) is 16.6. The highest BCUT2D eigenvalue weighted by Crippen LogP contribution is 2.36. The van der Waals surface area contributed by atoms with Crippen LogP contribution in [0.3, 0.4) is 0 Å². The first kappa shape index (κ1) is 21.4. The fourth-order valence-corrected chi connectivity index (χ4v) is 3.83. The Labute approximate surface area is 168 Å². The summed E-state index contributed by atoms with van der Waals surface area (Å²) < 4.78 is 62.8. The number of hydrogen-bond donors (Lipinski definition) is 2. The third-order valence-electron chi connectivity index (χ3n) is 4.85. The highest BCUT2D eigenvalue weighted by Gasteiger charge is 2.34. The Hall–Kier alpha value is -2.33. The molecule has 6 nitrogen and oxygen atoms in total. The fraction of sp³-hybridized carbons (Fsp3) is 0.421. The van der Waals surface area contributed by atoms with Gasteiger partial charge in [0.15, 0.2) is 0 Å². The number of rotatable bonds is 5. The van der Waals surface area contributed by atoms with E-state index in [1.54, 1.807) is 6.20 Å². The number of primary sulfonamides is 1. The molecule has 0 amide bonds. The molecule has 10 heteroatoms. The Morgan fingerprint density at radius 2 is 1.76 bits per heavy atom. The van der Waals surface area contributed by atoms with Gasteiger partial charge in [0, 0.05) is 31.5 Å². The third-order valence-corrected chi connectivity index (χ3v) is 5.76. The zero-order valence-electron chi connectivity index (χ0n) is 15.7. The van der Waals surface area contributed by atoms with E-state index in [0.29, 0.717) is 11.6 Å². The SMILES string of the molecule is NS(=O)(=O)c1ccc(NCc2ccc(N3CCCCCC3)nc2)c(C(F)(F)F)c1. The van der Waals surface area contributed by atoms with Crippen molar-refractivity contribution in [2.75, 3.05) is 23.3 Å². The van der Waals surface area contributed by atoms with Gasteiger partial charge in [-0.05, 0) is 42.7 Å². The van der Waals surface area contributed by atoms with Gasteiger partial charge in [-0.2, -0.15) is 13.2 Å². The predicted molar refractivity (Wildman–Crippen MR) is 105 cm³/mol. The second-order valence-corrected chi connectivity index (χ2v) is 8.59. The molecule has 3 N–H and O–H groups in total. The Kier molecular flexibility index (Phi) is 6.33. The normalized spacial score (nSPS) is 15.8. The van der Waals surface area contributed by atoms with Gasteiger partial charge in [-0.15, -0.1) is 0 Å². The molecule has 0 unspecified atom stereocenters. The summed E-state index contributed by atoms with van der Waals surface area (Å²) in [6, 6.07) is 6.36. The molecule has 1 aromatic heterocycles. The maximum atomic E-state index is 13.3. The maximum Gasteiger partial charge on any atom is 0.418 e. The van der Waals surface area contributed by atoms with Crippen LogP contribution in [0.5, 0.6) is 0 Å². The molecule has 1 saturated heterocycles. The van der Waals surface area contributed by atoms with Crippen molar-refractivity contribution in [3.8, 4) is 0 Å². The first-order valence-electron chi connectivity index (χ1n) is 9.32. The van der Waals surface area contributed by atoms with E-state index >= 15 is 0 Å². The van der Waals surface area contributed by atoms with Crippen molar-refractivity contribution in [2.45, 2.75) is 43.3 Å². The van der Waals surface area contributed by atoms with Crippen LogP contribution in [0.25, 0.3) is 0 Å². The number of sulfonamides is 1. The van der Waals surface area contributed by atoms with E-state index in [1.807, 2.05) is 12.1 Å². The summed E-state index contributed by atoms with van der Waals surface area (Å²) in [6.45, 7) is 2.02. The lowest BCUT2D eigenvalue weighted by molar-refractivity contribution is -0.137. The number of alkyl halides is 3. The summed E-state index contributed by atoms with van der Waals surface area (Å²) in [4.78, 5) is 6.08. The third kappa shape index (κ3) is 5.60. The van der Waals surface area contributed by atoms with Crippen molar-refractivity contribution in [3.05, 3.63) is 47.7 Å². The van der Waals surface area contributed by atoms with Crippen LogP contribution in [0.4, 0.5) is 24.7 Å². The lowest BCUT2D eigenvalue weighted by Gasteiger charge is -2.21. The molecule has 2 heterocycles. The maximum absolute atomic E-state index is 13.3. The number of hydrogen-bond acceptors (Lipinski definition) is 5. The van der Waals surface area contributed by atoms with Gasteiger partial charge in [-0.25, -0.2) is 18.5 Å². The van der Waals surface area contributed by atoms with Gasteiger partial charge in [0.05, 0.1) is 10.5 Å². The molecule has 0 aliphatic carbocycles. The number of nitrogens with two attached hydrogens (primary N) is 1. The van der Waals surface area contributed by atoms with Crippen LogP contribution in [-0.4, -0.2) is 26.5 Å². The first-order valence-corrected chi connectivity index (χ1v) is 10.9. The summed E-state index contributed by atoms with van der Waals surface area (Å²) in [7, 11) is -4.23. The van der Waals surface area contributed by atoms with E-state index in [-0.39, 0.29) is 12.2 Å². The van der Waals surface area contributed by atoms with Crippen LogP contribution in [-0.2, 0) is 22.7 Å². The number of anilines is 2. The zero-order chi connectivity index (χ0) is 21.1. The number of halogens is 3. The molecule has 1 aliphatic heterocycles. The molecule has 1 aliphatic rings. The van der Waals surface area contributed by atoms with Crippen LogP contribution >= 0.6 is 0 Å². The van der Waals surface area contributed by atoms with Crippen LogP contribution < -0.4 is 15.4 Å². The average Bonchev–Trinajstić information content (AvgIpc) is 2.94. The van der Waals surface area contributed by atoms with Gasteiger partial charge in [0.2, 0.25) is 10.0 Å². The largest absolute Gasteiger partial charge is 0.418 e. The molecule has 0 saturated carbocycles. The molecular weight excluding hydrogens is 405 g/mol. The van der Waals surface area contributed by atoms with Crippen LogP contribution in [0.2, 0.25) is 0 Å². The standard InChI is InChI=1S/C19H23F3N4O2S/c20-19(21,22)16-11-15(29(23,27)28)6-7-17(16)24-12-14-5-8-18(25-13-14)26-9-3-1-2-4-10-26/h5-8,11,13,24H,1-4,9-10,12H2,(H2,23,27,28). The minimum absolute atomic E-state index is 0.116. The number of nitrogens with one attached hydrogen (secondary N) is 1. The van der Waals surface area contributed by atoms with Gasteiger partial charge >= 0.3 is 6.18 Å². The lowest BCUT2D eigenvalue weighted by atomic mass is 10.1. The smallest absolute Gasteiger partial charge is 0.380 e. The monoisotopic (exact) mass is 428 g/mol. The van der Waals surface area contributed by atoms with Gasteiger partial charge in [-0.3, -0.25) is 0 Å². The number of benzene rings is 1. The topological polar surface area (TPSA) is 88.3 Å². The minimum atomic E-state index is -4.72. The Morgan fingerprint density at radius 1 is 1.07 bits per heavy atom. The molecule has 1 fully saturated rings. The first-order chi connectivity index (χ1) is 13.6. The second kappa shape index (κ2) is 8.58. The van der Waals surface area contributed by atoms with Gasteiger partial charge in [-0.1, -0.05) is 18.9 Å². The van der Waals surface area contributed by atoms with Crippen molar-refractivity contribution >= 4 is 21.5 Å². The molecule has 29 heavy (non-hydrogen) atoms. The van der Waals surface area contributed by atoms with E-state index in [9.17, 15) is 21.6 Å². The van der Waals surface area contributed by atoms with E-state index in [1.165, 1.54) is 12.8 Å². The van der Waals surface area contributed by atoms with Gasteiger partial charge in [0.25, 0.3) is 0 Å². The number of nitrogens with zero attached hydrogens (tertiary/aromatic N) is 2. The van der Waals surface area contributed by atoms with E-state index in [0.717, 1.165) is 43.9 Å². The number of pyridine rings is 1. The predicted octanol–water partition coefficient (Wildman–Crippen LogP) is 3.74. The summed E-state index contributed by atoms with van der Waals surface area (Å²) >= 11 is 0. The number of aromatic nitrogens is 1. The van der Waals surface area contributed by atoms with E-state index in [2.05, 4.69) is 15.2 Å². The second-order valence-electron chi connectivity index (χ2n) is 7.03. The van der Waals surface area contributed by atoms with Crippen molar-refractivity contribution in [2.24, 2.45) is 5.14 Å². The minimum Gasteiger partial charge on any atom is -0.380 e. The Balaban J connectivity index is 1.74. The summed E-state index contributed by atoms with van der Waals surface area (Å²) in [5.41, 5.74) is -0.591. The molecule has 0 bridgehead atoms. The molecular formula is C19H23F3N4O2S. The quantitative estimate of drug-likeness (QED) is 0.758. The molecule has 158 valence electrons. The van der Waals surface area contributed by atoms with Crippen molar-refractivity contribution < 1.29 is 21.6 Å².